The van der Waals surface area contributed by atoms with Crippen molar-refractivity contribution < 1.29 is 19.2 Å². The van der Waals surface area contributed by atoms with Gasteiger partial charge in [0.15, 0.2) is 5.69 Å². The van der Waals surface area contributed by atoms with Gasteiger partial charge in [-0.1, -0.05) is 6.07 Å². The van der Waals surface area contributed by atoms with Crippen molar-refractivity contribution in [2.24, 2.45) is 4.99 Å². The highest BCUT2D eigenvalue weighted by atomic mass is 16.6. The molecule has 0 radical (unpaired) electrons. The molecule has 0 spiro atoms. The zero-order chi connectivity index (χ0) is 12.8. The van der Waals surface area contributed by atoms with Gasteiger partial charge in [-0.05, 0) is 13.0 Å². The Balaban J connectivity index is 3.39. The van der Waals surface area contributed by atoms with E-state index in [0.29, 0.717) is 0 Å². The molecule has 0 saturated carbocycles. The van der Waals surface area contributed by atoms with E-state index >= 15 is 0 Å². The summed E-state index contributed by atoms with van der Waals surface area (Å²) in [6.07, 6.45) is 1.18. The van der Waals surface area contributed by atoms with Crippen LogP contribution in [0, 0.1) is 10.1 Å². The lowest BCUT2D eigenvalue weighted by atomic mass is 10.1. The molecule has 0 aromatic heterocycles. The van der Waals surface area contributed by atoms with Gasteiger partial charge in [-0.15, -0.1) is 0 Å². The van der Waals surface area contributed by atoms with Gasteiger partial charge < -0.3 is 4.74 Å². The second-order valence-corrected chi connectivity index (χ2v) is 2.85. The van der Waals surface area contributed by atoms with Gasteiger partial charge in [-0.2, -0.15) is 4.99 Å². The highest BCUT2D eigenvalue weighted by Crippen LogP contribution is 2.31. The van der Waals surface area contributed by atoms with Gasteiger partial charge in [0.05, 0.1) is 17.1 Å². The van der Waals surface area contributed by atoms with E-state index in [1.807, 2.05) is 0 Å². The third kappa shape index (κ3) is 2.73. The molecular formula is C10H8N2O5. The topological polar surface area (TPSA) is 98.9 Å². The predicted octanol–water partition coefficient (Wildman–Crippen LogP) is 1.74. The summed E-state index contributed by atoms with van der Waals surface area (Å²) in [5, 5.41) is 10.7. The lowest BCUT2D eigenvalue weighted by Gasteiger charge is -2.04. The Kier molecular flexibility index (Phi) is 4.08. The molecule has 0 fully saturated rings. The van der Waals surface area contributed by atoms with Crippen LogP contribution in [0.1, 0.15) is 17.3 Å². The van der Waals surface area contributed by atoms with Crippen molar-refractivity contribution in [3.05, 3.63) is 33.9 Å². The zero-order valence-electron chi connectivity index (χ0n) is 8.87. The molecule has 0 unspecified atom stereocenters. The summed E-state index contributed by atoms with van der Waals surface area (Å²) in [5.74, 6) is -0.773. The molecule has 0 N–H and O–H groups in total. The Labute approximate surface area is 95.9 Å². The van der Waals surface area contributed by atoms with E-state index in [9.17, 15) is 19.7 Å². The highest BCUT2D eigenvalue weighted by Gasteiger charge is 2.22. The van der Waals surface area contributed by atoms with Gasteiger partial charge in [-0.3, -0.25) is 10.1 Å². The predicted molar refractivity (Wildman–Crippen MR) is 56.8 cm³/mol. The number of benzene rings is 1. The van der Waals surface area contributed by atoms with Gasteiger partial charge in [0.1, 0.15) is 0 Å². The third-order valence-corrected chi connectivity index (χ3v) is 1.86. The fraction of sp³-hybridized carbons (Fsp3) is 0.200. The number of hydrogen-bond donors (Lipinski definition) is 0. The normalized spacial score (nSPS) is 9.24. The SMILES string of the molecule is CCOC(=O)c1cccc([N+](=O)[O-])c1N=C=O. The van der Waals surface area contributed by atoms with E-state index in [4.69, 9.17) is 4.74 Å². The van der Waals surface area contributed by atoms with E-state index in [2.05, 4.69) is 4.99 Å². The number of carbonyl (C=O) groups is 1. The first-order valence-electron chi connectivity index (χ1n) is 4.64. The molecular weight excluding hydrogens is 228 g/mol. The largest absolute Gasteiger partial charge is 0.462 e. The summed E-state index contributed by atoms with van der Waals surface area (Å²) in [6.45, 7) is 1.71. The molecule has 0 heterocycles. The first-order valence-corrected chi connectivity index (χ1v) is 4.64. The van der Waals surface area contributed by atoms with Crippen molar-refractivity contribution in [3.8, 4) is 0 Å². The van der Waals surface area contributed by atoms with Crippen LogP contribution in [0.2, 0.25) is 0 Å². The fourth-order valence-electron chi connectivity index (χ4n) is 1.22. The second-order valence-electron chi connectivity index (χ2n) is 2.85. The van der Waals surface area contributed by atoms with Crippen molar-refractivity contribution in [1.82, 2.24) is 0 Å². The Morgan fingerprint density at radius 1 is 1.59 bits per heavy atom. The molecule has 0 saturated heterocycles. The molecule has 0 aliphatic heterocycles. The number of rotatable bonds is 4. The number of nitrogens with zero attached hydrogens (tertiary/aromatic N) is 2. The average molecular weight is 236 g/mol. The first kappa shape index (κ1) is 12.5. The number of nitro groups is 1. The van der Waals surface area contributed by atoms with Gasteiger partial charge >= 0.3 is 5.97 Å². The fourth-order valence-corrected chi connectivity index (χ4v) is 1.22. The van der Waals surface area contributed by atoms with E-state index < -0.39 is 16.6 Å². The Hall–Kier alpha value is -2.53. The van der Waals surface area contributed by atoms with Crippen molar-refractivity contribution in [1.29, 1.82) is 0 Å². The molecule has 1 aromatic carbocycles. The summed E-state index contributed by atoms with van der Waals surface area (Å²) in [5.41, 5.74) is -0.922. The quantitative estimate of drug-likeness (QED) is 0.260. The number of ether oxygens (including phenoxy) is 1. The molecule has 7 nitrogen and oxygen atoms in total. The minimum absolute atomic E-state index is 0.117. The second kappa shape index (κ2) is 5.53. The van der Waals surface area contributed by atoms with Crippen LogP contribution >= 0.6 is 0 Å². The maximum absolute atomic E-state index is 11.5. The van der Waals surface area contributed by atoms with Crippen LogP contribution in [0.4, 0.5) is 11.4 Å². The molecule has 1 rings (SSSR count). The number of carbonyl (C=O) groups excluding carboxylic acids is 2. The Morgan fingerprint density at radius 2 is 2.29 bits per heavy atom. The van der Waals surface area contributed by atoms with Crippen molar-refractivity contribution in [3.63, 3.8) is 0 Å². The summed E-state index contributed by atoms with van der Waals surface area (Å²) in [7, 11) is 0. The number of isocyanates is 1. The molecule has 17 heavy (non-hydrogen) atoms. The Morgan fingerprint density at radius 3 is 2.82 bits per heavy atom. The lowest BCUT2D eigenvalue weighted by Crippen LogP contribution is -2.05. The summed E-state index contributed by atoms with van der Waals surface area (Å²) in [4.78, 5) is 34.8. The van der Waals surface area contributed by atoms with Crippen LogP contribution in [0.5, 0.6) is 0 Å². The standard InChI is InChI=1S/C10H8N2O5/c1-2-17-10(14)7-4-3-5-8(12(15)16)9(7)11-6-13/h3-5H,2H2,1H3. The van der Waals surface area contributed by atoms with Gasteiger partial charge in [0, 0.05) is 6.07 Å². The summed E-state index contributed by atoms with van der Waals surface area (Å²) < 4.78 is 4.70. The number of para-hydroxylation sites is 1. The van der Waals surface area contributed by atoms with Gasteiger partial charge in [-0.25, -0.2) is 9.59 Å². The van der Waals surface area contributed by atoms with Crippen molar-refractivity contribution >= 4 is 23.4 Å². The van der Waals surface area contributed by atoms with Crippen LogP contribution in [0.3, 0.4) is 0 Å². The van der Waals surface area contributed by atoms with Crippen molar-refractivity contribution in [2.45, 2.75) is 6.92 Å². The zero-order valence-corrected chi connectivity index (χ0v) is 8.87. The van der Waals surface area contributed by atoms with E-state index in [0.717, 1.165) is 6.07 Å². The number of nitro benzene ring substituents is 1. The maximum Gasteiger partial charge on any atom is 0.340 e. The van der Waals surface area contributed by atoms with Crippen molar-refractivity contribution in [2.75, 3.05) is 6.61 Å². The summed E-state index contributed by atoms with van der Waals surface area (Å²) in [6, 6.07) is 3.74. The molecule has 0 aliphatic carbocycles. The van der Waals surface area contributed by atoms with Crippen LogP contribution in [0.25, 0.3) is 0 Å². The average Bonchev–Trinajstić information content (AvgIpc) is 2.29. The van der Waals surface area contributed by atoms with Crippen LogP contribution in [-0.2, 0) is 9.53 Å². The monoisotopic (exact) mass is 236 g/mol. The van der Waals surface area contributed by atoms with Crippen LogP contribution < -0.4 is 0 Å². The van der Waals surface area contributed by atoms with E-state index in [-0.39, 0.29) is 17.9 Å². The molecule has 0 atom stereocenters. The molecule has 0 bridgehead atoms. The lowest BCUT2D eigenvalue weighted by molar-refractivity contribution is -0.384. The third-order valence-electron chi connectivity index (χ3n) is 1.86. The Bertz CT molecular complexity index is 505. The number of esters is 1. The van der Waals surface area contributed by atoms with Gasteiger partial charge in [0.2, 0.25) is 6.08 Å². The van der Waals surface area contributed by atoms with E-state index in [1.165, 1.54) is 18.2 Å². The molecule has 0 amide bonds. The smallest absolute Gasteiger partial charge is 0.340 e. The highest BCUT2D eigenvalue weighted by molar-refractivity contribution is 5.97. The summed E-state index contributed by atoms with van der Waals surface area (Å²) >= 11 is 0. The maximum atomic E-state index is 11.5. The molecule has 0 aliphatic rings. The number of hydrogen-bond acceptors (Lipinski definition) is 6. The minimum Gasteiger partial charge on any atom is -0.462 e. The molecule has 7 heteroatoms. The van der Waals surface area contributed by atoms with Crippen LogP contribution in [0.15, 0.2) is 23.2 Å². The van der Waals surface area contributed by atoms with E-state index in [1.54, 1.807) is 6.92 Å². The van der Waals surface area contributed by atoms with Crippen LogP contribution in [-0.4, -0.2) is 23.6 Å². The molecule has 1 aromatic rings. The number of aliphatic imine (C=N–C) groups is 1. The first-order chi connectivity index (χ1) is 8.11. The minimum atomic E-state index is -0.773. The molecule has 88 valence electrons. The van der Waals surface area contributed by atoms with Gasteiger partial charge in [0.25, 0.3) is 5.69 Å².